The molecule has 2 heteroatoms. The van der Waals surface area contributed by atoms with Gasteiger partial charge in [0.2, 0.25) is 0 Å². The molecular formula is C22H24O2. The summed E-state index contributed by atoms with van der Waals surface area (Å²) in [5.74, 6) is -0.404. The lowest BCUT2D eigenvalue weighted by Gasteiger charge is -2.26. The molecule has 24 heavy (non-hydrogen) atoms. The number of rotatable bonds is 7. The number of carbonyl (C=O) groups excluding carboxylic acids is 1. The van der Waals surface area contributed by atoms with Gasteiger partial charge in [-0.1, -0.05) is 75.0 Å². The van der Waals surface area contributed by atoms with Gasteiger partial charge in [0.15, 0.2) is 0 Å². The molecule has 2 aromatic carbocycles. The Balaban J connectivity index is 2.14. The van der Waals surface area contributed by atoms with Crippen molar-refractivity contribution >= 4 is 5.97 Å². The van der Waals surface area contributed by atoms with Gasteiger partial charge in [0.25, 0.3) is 0 Å². The van der Waals surface area contributed by atoms with Crippen molar-refractivity contribution in [3.05, 3.63) is 96.1 Å². The van der Waals surface area contributed by atoms with E-state index >= 15 is 0 Å². The van der Waals surface area contributed by atoms with E-state index in [2.05, 4.69) is 63.4 Å². The molecule has 2 nitrogen and oxygen atoms in total. The first-order chi connectivity index (χ1) is 11.5. The Morgan fingerprint density at radius 1 is 0.958 bits per heavy atom. The molecular weight excluding hydrogens is 296 g/mol. The predicted molar refractivity (Wildman–Crippen MR) is 98.9 cm³/mol. The fourth-order valence-electron chi connectivity index (χ4n) is 2.62. The molecule has 0 radical (unpaired) electrons. The van der Waals surface area contributed by atoms with Crippen LogP contribution in [0.25, 0.3) is 0 Å². The summed E-state index contributed by atoms with van der Waals surface area (Å²) < 4.78 is 5.06. The monoisotopic (exact) mass is 320 g/mol. The Labute approximate surface area is 144 Å². The first-order valence-corrected chi connectivity index (χ1v) is 8.06. The van der Waals surface area contributed by atoms with Crippen molar-refractivity contribution in [1.82, 2.24) is 0 Å². The fraction of sp³-hybridized carbons (Fsp3) is 0.227. The van der Waals surface area contributed by atoms with Gasteiger partial charge in [0.1, 0.15) is 6.61 Å². The minimum Gasteiger partial charge on any atom is -0.458 e. The van der Waals surface area contributed by atoms with E-state index in [0.29, 0.717) is 0 Å². The summed E-state index contributed by atoms with van der Waals surface area (Å²) in [7, 11) is 0. The van der Waals surface area contributed by atoms with Crippen molar-refractivity contribution in [2.24, 2.45) is 0 Å². The van der Waals surface area contributed by atoms with E-state index < -0.39 is 5.97 Å². The Morgan fingerprint density at radius 2 is 1.46 bits per heavy atom. The molecule has 2 rings (SSSR count). The van der Waals surface area contributed by atoms with Crippen LogP contribution >= 0.6 is 0 Å². The lowest BCUT2D eigenvalue weighted by molar-refractivity contribution is -0.138. The van der Waals surface area contributed by atoms with E-state index in [1.54, 1.807) is 0 Å². The van der Waals surface area contributed by atoms with E-state index in [-0.39, 0.29) is 12.0 Å². The minimum atomic E-state index is -0.404. The van der Waals surface area contributed by atoms with Crippen molar-refractivity contribution in [3.8, 4) is 0 Å². The molecule has 2 aromatic rings. The summed E-state index contributed by atoms with van der Waals surface area (Å²) in [6, 6.07) is 16.9. The molecule has 0 amide bonds. The van der Waals surface area contributed by atoms with Crippen LogP contribution in [0.2, 0.25) is 0 Å². The number of carbonyl (C=O) groups is 1. The number of ether oxygens (including phenoxy) is 1. The molecule has 0 unspecified atom stereocenters. The minimum absolute atomic E-state index is 0.0942. The van der Waals surface area contributed by atoms with Crippen molar-refractivity contribution in [1.29, 1.82) is 0 Å². The van der Waals surface area contributed by atoms with Crippen LogP contribution in [0.3, 0.4) is 0 Å². The molecule has 0 aliphatic carbocycles. The quantitative estimate of drug-likeness (QED) is 0.409. The number of hydrogen-bond acceptors (Lipinski definition) is 2. The van der Waals surface area contributed by atoms with Crippen LogP contribution in [-0.2, 0) is 28.0 Å². The normalized spacial score (nSPS) is 10.9. The van der Waals surface area contributed by atoms with Crippen molar-refractivity contribution < 1.29 is 9.53 Å². The highest BCUT2D eigenvalue weighted by Gasteiger charge is 2.22. The molecule has 0 saturated heterocycles. The average molecular weight is 320 g/mol. The first-order valence-electron chi connectivity index (χ1n) is 8.06. The van der Waals surface area contributed by atoms with E-state index in [1.807, 2.05) is 18.2 Å². The van der Waals surface area contributed by atoms with Crippen LogP contribution in [0.4, 0.5) is 0 Å². The second-order valence-corrected chi connectivity index (χ2v) is 6.32. The Bertz CT molecular complexity index is 707. The van der Waals surface area contributed by atoms with Gasteiger partial charge in [-0.15, -0.1) is 6.58 Å². The Morgan fingerprint density at radius 3 is 1.92 bits per heavy atom. The van der Waals surface area contributed by atoms with E-state index in [9.17, 15) is 4.79 Å². The molecule has 0 aromatic heterocycles. The zero-order chi connectivity index (χ0) is 17.6. The van der Waals surface area contributed by atoms with Gasteiger partial charge in [-0.3, -0.25) is 0 Å². The summed E-state index contributed by atoms with van der Waals surface area (Å²) in [4.78, 5) is 11.1. The fourth-order valence-corrected chi connectivity index (χ4v) is 2.62. The molecule has 0 saturated carbocycles. The SMILES string of the molecule is C=CCc1ccc(C(C)(C)c2ccc(COC(=O)C=C)cc2)cc1. The van der Waals surface area contributed by atoms with Crippen LogP contribution in [-0.4, -0.2) is 5.97 Å². The van der Waals surface area contributed by atoms with Gasteiger partial charge in [0, 0.05) is 11.5 Å². The highest BCUT2D eigenvalue weighted by Crippen LogP contribution is 2.31. The van der Waals surface area contributed by atoms with Gasteiger partial charge >= 0.3 is 5.97 Å². The number of benzene rings is 2. The van der Waals surface area contributed by atoms with Crippen LogP contribution in [0.15, 0.2) is 73.8 Å². The third-order valence-corrected chi connectivity index (χ3v) is 4.28. The Hall–Kier alpha value is -2.61. The molecule has 124 valence electrons. The van der Waals surface area contributed by atoms with Gasteiger partial charge in [-0.25, -0.2) is 4.79 Å². The zero-order valence-corrected chi connectivity index (χ0v) is 14.4. The van der Waals surface area contributed by atoms with Crippen molar-refractivity contribution in [3.63, 3.8) is 0 Å². The van der Waals surface area contributed by atoms with Crippen LogP contribution < -0.4 is 0 Å². The maximum atomic E-state index is 11.1. The third kappa shape index (κ3) is 4.23. The number of allylic oxidation sites excluding steroid dienone is 1. The van der Waals surface area contributed by atoms with Gasteiger partial charge in [-0.05, 0) is 28.7 Å². The van der Waals surface area contributed by atoms with Crippen molar-refractivity contribution in [2.75, 3.05) is 0 Å². The van der Waals surface area contributed by atoms with Gasteiger partial charge in [-0.2, -0.15) is 0 Å². The third-order valence-electron chi connectivity index (χ3n) is 4.28. The summed E-state index contributed by atoms with van der Waals surface area (Å²) >= 11 is 0. The predicted octanol–water partition coefficient (Wildman–Crippen LogP) is 4.97. The Kier molecular flexibility index (Phi) is 5.75. The van der Waals surface area contributed by atoms with Crippen LogP contribution in [0.5, 0.6) is 0 Å². The molecule has 0 atom stereocenters. The van der Waals surface area contributed by atoms with Gasteiger partial charge < -0.3 is 4.74 Å². The molecule has 0 spiro atoms. The second-order valence-electron chi connectivity index (χ2n) is 6.32. The van der Waals surface area contributed by atoms with Crippen LogP contribution in [0, 0.1) is 0 Å². The lowest BCUT2D eigenvalue weighted by atomic mass is 9.77. The highest BCUT2D eigenvalue weighted by atomic mass is 16.5. The molecule has 0 bridgehead atoms. The summed E-state index contributed by atoms with van der Waals surface area (Å²) in [6.45, 7) is 11.9. The van der Waals surface area contributed by atoms with E-state index in [4.69, 9.17) is 4.74 Å². The topological polar surface area (TPSA) is 26.3 Å². The van der Waals surface area contributed by atoms with Crippen molar-refractivity contribution in [2.45, 2.75) is 32.3 Å². The summed E-state index contributed by atoms with van der Waals surface area (Å²) in [5.41, 5.74) is 4.62. The first kappa shape index (κ1) is 17.7. The average Bonchev–Trinajstić information content (AvgIpc) is 2.60. The van der Waals surface area contributed by atoms with E-state index in [1.165, 1.54) is 22.8 Å². The standard InChI is InChI=1S/C22H24O2/c1-5-7-17-8-12-19(13-9-17)22(3,4)20-14-10-18(11-15-20)16-24-21(23)6-2/h5-6,8-15H,1-2,7,16H2,3-4H3. The smallest absolute Gasteiger partial charge is 0.330 e. The molecule has 0 fully saturated rings. The molecule has 0 heterocycles. The van der Waals surface area contributed by atoms with E-state index in [0.717, 1.165) is 12.0 Å². The number of esters is 1. The summed E-state index contributed by atoms with van der Waals surface area (Å²) in [5, 5.41) is 0. The highest BCUT2D eigenvalue weighted by molar-refractivity contribution is 5.81. The summed E-state index contributed by atoms with van der Waals surface area (Å²) in [6.07, 6.45) is 3.98. The van der Waals surface area contributed by atoms with Crippen LogP contribution in [0.1, 0.15) is 36.1 Å². The van der Waals surface area contributed by atoms with Gasteiger partial charge in [0.05, 0.1) is 0 Å². The second kappa shape index (κ2) is 7.78. The number of hydrogen-bond donors (Lipinski definition) is 0. The molecule has 0 aliphatic rings. The molecule has 0 N–H and O–H groups in total. The maximum absolute atomic E-state index is 11.1. The lowest BCUT2D eigenvalue weighted by Crippen LogP contribution is -2.18. The zero-order valence-electron chi connectivity index (χ0n) is 14.4. The largest absolute Gasteiger partial charge is 0.458 e. The molecule has 0 aliphatic heterocycles. The maximum Gasteiger partial charge on any atom is 0.330 e.